The van der Waals surface area contributed by atoms with Crippen LogP contribution in [0.15, 0.2) is 6.07 Å². The van der Waals surface area contributed by atoms with E-state index in [-0.39, 0.29) is 18.6 Å². The maximum Gasteiger partial charge on any atom is 0.135 e. The Morgan fingerprint density at radius 3 is 2.41 bits per heavy atom. The van der Waals surface area contributed by atoms with E-state index in [4.69, 9.17) is 16.7 Å². The molecule has 0 unspecified atom stereocenters. The molecule has 0 aliphatic heterocycles. The number of aromatic nitrogens is 2. The van der Waals surface area contributed by atoms with E-state index in [1.54, 1.807) is 6.07 Å². The Bertz CT molecular complexity index is 369. The van der Waals surface area contributed by atoms with Gasteiger partial charge in [-0.1, -0.05) is 25.4 Å². The van der Waals surface area contributed by atoms with Gasteiger partial charge >= 0.3 is 0 Å². The third-order valence-corrected chi connectivity index (χ3v) is 2.67. The monoisotopic (exact) mass is 257 g/mol. The van der Waals surface area contributed by atoms with Gasteiger partial charge in [-0.25, -0.2) is 9.97 Å². The first-order valence-electron chi connectivity index (χ1n) is 5.87. The summed E-state index contributed by atoms with van der Waals surface area (Å²) in [7, 11) is 0. The summed E-state index contributed by atoms with van der Waals surface area (Å²) in [6.07, 6.45) is 0. The van der Waals surface area contributed by atoms with Gasteiger partial charge in [-0.15, -0.1) is 0 Å². The van der Waals surface area contributed by atoms with Crippen LogP contribution in [0.25, 0.3) is 0 Å². The van der Waals surface area contributed by atoms with Gasteiger partial charge in [0.25, 0.3) is 0 Å². The van der Waals surface area contributed by atoms with Gasteiger partial charge in [-0.2, -0.15) is 0 Å². The zero-order valence-corrected chi connectivity index (χ0v) is 11.6. The molecule has 0 atom stereocenters. The lowest BCUT2D eigenvalue weighted by Crippen LogP contribution is -2.34. The highest BCUT2D eigenvalue weighted by atomic mass is 35.5. The van der Waals surface area contributed by atoms with Crippen molar-refractivity contribution in [3.8, 4) is 0 Å². The predicted molar refractivity (Wildman–Crippen MR) is 70.7 cm³/mol. The molecule has 1 aromatic heterocycles. The lowest BCUT2D eigenvalue weighted by molar-refractivity contribution is 0.298. The molecular weight excluding hydrogens is 238 g/mol. The topological polar surface area (TPSA) is 49.2 Å². The molecule has 0 spiro atoms. The molecule has 0 aromatic carbocycles. The first-order chi connectivity index (χ1) is 7.95. The number of hydrogen-bond donors (Lipinski definition) is 1. The Morgan fingerprint density at radius 2 is 1.94 bits per heavy atom. The molecule has 0 aliphatic carbocycles. The Morgan fingerprint density at radius 1 is 1.29 bits per heavy atom. The second kappa shape index (κ2) is 6.17. The molecule has 5 heteroatoms. The smallest absolute Gasteiger partial charge is 0.135 e. The summed E-state index contributed by atoms with van der Waals surface area (Å²) >= 11 is 6.00. The van der Waals surface area contributed by atoms with Gasteiger partial charge in [0.15, 0.2) is 0 Å². The van der Waals surface area contributed by atoms with Crippen LogP contribution in [-0.2, 0) is 0 Å². The van der Waals surface area contributed by atoms with Crippen LogP contribution in [-0.4, -0.2) is 34.3 Å². The molecule has 0 saturated heterocycles. The predicted octanol–water partition coefficient (Wildman–Crippen LogP) is 2.46. The van der Waals surface area contributed by atoms with Crippen LogP contribution in [0.2, 0.25) is 5.15 Å². The molecule has 1 aromatic rings. The van der Waals surface area contributed by atoms with Crippen LogP contribution in [0.1, 0.15) is 39.4 Å². The summed E-state index contributed by atoms with van der Waals surface area (Å²) in [6, 6.07) is 2.00. The fourth-order valence-electron chi connectivity index (χ4n) is 1.57. The molecule has 4 nitrogen and oxygen atoms in total. The van der Waals surface area contributed by atoms with Gasteiger partial charge in [-0.3, -0.25) is 0 Å². The van der Waals surface area contributed by atoms with Crippen molar-refractivity contribution in [2.75, 3.05) is 18.1 Å². The molecule has 0 saturated carbocycles. The first kappa shape index (κ1) is 14.2. The van der Waals surface area contributed by atoms with Crippen LogP contribution in [0, 0.1) is 0 Å². The molecular formula is C12H20ClN3O. The summed E-state index contributed by atoms with van der Waals surface area (Å²) in [5, 5.41) is 9.52. The van der Waals surface area contributed by atoms with Crippen molar-refractivity contribution in [2.45, 2.75) is 39.7 Å². The van der Waals surface area contributed by atoms with Gasteiger partial charge in [0.05, 0.1) is 6.61 Å². The maximum atomic E-state index is 9.08. The molecule has 0 radical (unpaired) electrons. The van der Waals surface area contributed by atoms with Crippen molar-refractivity contribution in [1.82, 2.24) is 9.97 Å². The quantitative estimate of drug-likeness (QED) is 0.824. The second-order valence-corrected chi connectivity index (χ2v) is 4.96. The zero-order valence-electron chi connectivity index (χ0n) is 10.8. The molecule has 17 heavy (non-hydrogen) atoms. The van der Waals surface area contributed by atoms with Crippen molar-refractivity contribution in [3.05, 3.63) is 17.0 Å². The normalized spacial score (nSPS) is 11.3. The molecule has 0 amide bonds. The van der Waals surface area contributed by atoms with E-state index < -0.39 is 0 Å². The number of rotatable bonds is 5. The number of nitrogens with zero attached hydrogens (tertiary/aromatic N) is 3. The summed E-state index contributed by atoms with van der Waals surface area (Å²) in [5.41, 5.74) is 0. The van der Waals surface area contributed by atoms with Crippen molar-refractivity contribution in [3.63, 3.8) is 0 Å². The van der Waals surface area contributed by atoms with Gasteiger partial charge < -0.3 is 10.0 Å². The minimum atomic E-state index is 0.0941. The van der Waals surface area contributed by atoms with E-state index in [0.29, 0.717) is 11.7 Å². The SMILES string of the molecule is CC(C)c1nc(Cl)cc(N(CCO)C(C)C)n1. The third kappa shape index (κ3) is 3.82. The molecule has 1 heterocycles. The van der Waals surface area contributed by atoms with Gasteiger partial charge in [-0.05, 0) is 13.8 Å². The highest BCUT2D eigenvalue weighted by Crippen LogP contribution is 2.21. The largest absolute Gasteiger partial charge is 0.395 e. The van der Waals surface area contributed by atoms with Crippen LogP contribution in [0.4, 0.5) is 5.82 Å². The average Bonchev–Trinajstić information content (AvgIpc) is 2.24. The molecule has 1 rings (SSSR count). The molecule has 0 aliphatic rings. The van der Waals surface area contributed by atoms with Crippen LogP contribution >= 0.6 is 11.6 Å². The van der Waals surface area contributed by atoms with E-state index >= 15 is 0 Å². The molecule has 0 fully saturated rings. The Kier molecular flexibility index (Phi) is 5.15. The standard InChI is InChI=1S/C12H20ClN3O/c1-8(2)12-14-10(13)7-11(15-12)16(5-6-17)9(3)4/h7-9,17H,5-6H2,1-4H3. The number of hydrogen-bond acceptors (Lipinski definition) is 4. The summed E-state index contributed by atoms with van der Waals surface area (Å²) in [6.45, 7) is 8.81. The number of aliphatic hydroxyl groups excluding tert-OH is 1. The average molecular weight is 258 g/mol. The van der Waals surface area contributed by atoms with E-state index in [9.17, 15) is 0 Å². The maximum absolute atomic E-state index is 9.08. The minimum Gasteiger partial charge on any atom is -0.395 e. The third-order valence-electron chi connectivity index (χ3n) is 2.47. The van der Waals surface area contributed by atoms with Crippen LogP contribution < -0.4 is 4.90 Å². The summed E-state index contributed by atoms with van der Waals surface area (Å²) < 4.78 is 0. The highest BCUT2D eigenvalue weighted by molar-refractivity contribution is 6.29. The summed E-state index contributed by atoms with van der Waals surface area (Å²) in [4.78, 5) is 10.7. The van der Waals surface area contributed by atoms with Crippen LogP contribution in [0.5, 0.6) is 0 Å². The summed E-state index contributed by atoms with van der Waals surface area (Å²) in [5.74, 6) is 1.74. The van der Waals surface area contributed by atoms with Crippen molar-refractivity contribution in [1.29, 1.82) is 0 Å². The lowest BCUT2D eigenvalue weighted by atomic mass is 10.2. The van der Waals surface area contributed by atoms with E-state index in [1.807, 2.05) is 18.7 Å². The van der Waals surface area contributed by atoms with Crippen molar-refractivity contribution >= 4 is 17.4 Å². The van der Waals surface area contributed by atoms with Crippen molar-refractivity contribution < 1.29 is 5.11 Å². The van der Waals surface area contributed by atoms with Gasteiger partial charge in [0.1, 0.15) is 16.8 Å². The van der Waals surface area contributed by atoms with E-state index in [1.165, 1.54) is 0 Å². The van der Waals surface area contributed by atoms with Gasteiger partial charge in [0, 0.05) is 24.6 Å². The van der Waals surface area contributed by atoms with Crippen LogP contribution in [0.3, 0.4) is 0 Å². The fourth-order valence-corrected chi connectivity index (χ4v) is 1.76. The number of halogens is 1. The number of anilines is 1. The van der Waals surface area contributed by atoms with Gasteiger partial charge in [0.2, 0.25) is 0 Å². The highest BCUT2D eigenvalue weighted by Gasteiger charge is 2.15. The zero-order chi connectivity index (χ0) is 13.0. The molecule has 96 valence electrons. The van der Waals surface area contributed by atoms with Crippen molar-refractivity contribution in [2.24, 2.45) is 0 Å². The minimum absolute atomic E-state index is 0.0941. The molecule has 1 N–H and O–H groups in total. The molecule has 0 bridgehead atoms. The van der Waals surface area contributed by atoms with E-state index in [0.717, 1.165) is 11.6 Å². The Hall–Kier alpha value is -0.870. The van der Waals surface area contributed by atoms with E-state index in [2.05, 4.69) is 23.8 Å². The fraction of sp³-hybridized carbons (Fsp3) is 0.667. The lowest BCUT2D eigenvalue weighted by Gasteiger charge is -2.27. The number of aliphatic hydroxyl groups is 1. The Balaban J connectivity index is 3.10. The second-order valence-electron chi connectivity index (χ2n) is 4.57. The Labute approximate surface area is 108 Å². The first-order valence-corrected chi connectivity index (χ1v) is 6.25.